The fraction of sp³-hybridized carbons (Fsp3) is 0.909. The molecule has 0 aliphatic heterocycles. The molecule has 5 nitrogen and oxygen atoms in total. The molecule has 0 saturated heterocycles. The summed E-state index contributed by atoms with van der Waals surface area (Å²) in [5, 5.41) is 0. The third-order valence-electron chi connectivity index (χ3n) is 3.23. The van der Waals surface area contributed by atoms with E-state index in [2.05, 4.69) is 4.74 Å². The predicted octanol–water partition coefficient (Wildman–Crippen LogP) is 0.513. The standard InChI is InChI=1S/C11H20O5S2/c1-3-18(14,15)7-6-17(13)9-11(4-5-11)8-10(12)16-2/h3-9H2,1-2H3. The zero-order valence-corrected chi connectivity index (χ0v) is 12.4. The van der Waals surface area contributed by atoms with Crippen molar-refractivity contribution in [3.8, 4) is 0 Å². The molecule has 1 saturated carbocycles. The predicted molar refractivity (Wildman–Crippen MR) is 70.5 cm³/mol. The van der Waals surface area contributed by atoms with Gasteiger partial charge in [-0.05, 0) is 18.3 Å². The van der Waals surface area contributed by atoms with E-state index in [-0.39, 0.29) is 35.1 Å². The molecule has 0 radical (unpaired) electrons. The van der Waals surface area contributed by atoms with Gasteiger partial charge in [0.15, 0.2) is 9.84 Å². The van der Waals surface area contributed by atoms with Gasteiger partial charge in [-0.3, -0.25) is 9.00 Å². The molecule has 7 heteroatoms. The van der Waals surface area contributed by atoms with Crippen molar-refractivity contribution in [2.24, 2.45) is 5.41 Å². The third-order valence-corrected chi connectivity index (χ3v) is 6.79. The SMILES string of the molecule is CCS(=O)(=O)CCS(=O)CC1(CC(=O)OC)CC1. The highest BCUT2D eigenvalue weighted by Gasteiger charge is 2.45. The molecule has 0 bridgehead atoms. The minimum absolute atomic E-state index is 0.0373. The first-order valence-corrected chi connectivity index (χ1v) is 9.26. The molecule has 1 fully saturated rings. The van der Waals surface area contributed by atoms with Crippen molar-refractivity contribution in [3.63, 3.8) is 0 Å². The van der Waals surface area contributed by atoms with Crippen LogP contribution in [-0.2, 0) is 30.2 Å². The number of rotatable bonds is 8. The average molecular weight is 296 g/mol. The lowest BCUT2D eigenvalue weighted by Crippen LogP contribution is -2.22. The first-order valence-electron chi connectivity index (χ1n) is 5.95. The summed E-state index contributed by atoms with van der Waals surface area (Å²) < 4.78 is 39.0. The molecule has 0 N–H and O–H groups in total. The Kier molecular flexibility index (Phi) is 5.33. The first-order chi connectivity index (χ1) is 8.32. The molecular weight excluding hydrogens is 276 g/mol. The van der Waals surface area contributed by atoms with E-state index in [4.69, 9.17) is 0 Å². The Bertz CT molecular complexity index is 423. The highest BCUT2D eigenvalue weighted by Crippen LogP contribution is 2.49. The molecule has 0 spiro atoms. The van der Waals surface area contributed by atoms with Gasteiger partial charge in [-0.15, -0.1) is 0 Å². The smallest absolute Gasteiger partial charge is 0.306 e. The van der Waals surface area contributed by atoms with Crippen LogP contribution in [-0.4, -0.2) is 48.7 Å². The molecule has 0 heterocycles. The fourth-order valence-corrected chi connectivity index (χ4v) is 4.97. The van der Waals surface area contributed by atoms with Crippen LogP contribution >= 0.6 is 0 Å². The second-order valence-corrected chi connectivity index (χ2v) is 8.83. The van der Waals surface area contributed by atoms with Crippen molar-refractivity contribution >= 4 is 26.6 Å². The summed E-state index contributed by atoms with van der Waals surface area (Å²) in [6.07, 6.45) is 2.03. The third kappa shape index (κ3) is 5.06. The molecule has 1 atom stereocenters. The highest BCUT2D eigenvalue weighted by molar-refractivity contribution is 7.93. The second kappa shape index (κ2) is 6.14. The Balaban J connectivity index is 2.39. The molecule has 1 aliphatic carbocycles. The normalized spacial score (nSPS) is 19.2. The Labute approximate surface area is 111 Å². The Morgan fingerprint density at radius 3 is 2.44 bits per heavy atom. The van der Waals surface area contributed by atoms with Crippen molar-refractivity contribution in [2.75, 3.05) is 30.1 Å². The molecule has 1 aliphatic rings. The molecule has 106 valence electrons. The van der Waals surface area contributed by atoms with E-state index >= 15 is 0 Å². The van der Waals surface area contributed by atoms with Crippen molar-refractivity contribution in [3.05, 3.63) is 0 Å². The molecule has 0 aromatic rings. The topological polar surface area (TPSA) is 77.5 Å². The zero-order valence-electron chi connectivity index (χ0n) is 10.8. The van der Waals surface area contributed by atoms with Gasteiger partial charge in [0.25, 0.3) is 0 Å². The zero-order chi connectivity index (χ0) is 13.8. The molecule has 0 aromatic carbocycles. The van der Waals surface area contributed by atoms with Gasteiger partial charge in [0.2, 0.25) is 0 Å². The van der Waals surface area contributed by atoms with E-state index < -0.39 is 20.6 Å². The van der Waals surface area contributed by atoms with E-state index in [9.17, 15) is 17.4 Å². The van der Waals surface area contributed by atoms with Crippen LogP contribution in [0.3, 0.4) is 0 Å². The van der Waals surface area contributed by atoms with Gasteiger partial charge >= 0.3 is 5.97 Å². The Morgan fingerprint density at radius 1 is 1.39 bits per heavy atom. The lowest BCUT2D eigenvalue weighted by molar-refractivity contribution is -0.141. The quantitative estimate of drug-likeness (QED) is 0.610. The number of sulfone groups is 1. The summed E-state index contributed by atoms with van der Waals surface area (Å²) in [6, 6.07) is 0. The number of esters is 1. The van der Waals surface area contributed by atoms with Crippen LogP contribution in [0.4, 0.5) is 0 Å². The largest absolute Gasteiger partial charge is 0.469 e. The van der Waals surface area contributed by atoms with Gasteiger partial charge in [0.05, 0.1) is 19.3 Å². The summed E-state index contributed by atoms with van der Waals surface area (Å²) >= 11 is 0. The Hall–Kier alpha value is -0.430. The first kappa shape index (κ1) is 15.6. The van der Waals surface area contributed by atoms with Gasteiger partial charge in [0.1, 0.15) is 0 Å². The van der Waals surface area contributed by atoms with Crippen molar-refractivity contribution in [2.45, 2.75) is 26.2 Å². The summed E-state index contributed by atoms with van der Waals surface area (Å²) in [5.74, 6) is 0.327. The van der Waals surface area contributed by atoms with E-state index in [1.807, 2.05) is 0 Å². The summed E-state index contributed by atoms with van der Waals surface area (Å²) in [6.45, 7) is 1.58. The number of carbonyl (C=O) groups is 1. The van der Waals surface area contributed by atoms with Gasteiger partial charge in [-0.2, -0.15) is 0 Å². The van der Waals surface area contributed by atoms with Crippen molar-refractivity contribution in [1.29, 1.82) is 0 Å². The Morgan fingerprint density at radius 2 is 2.00 bits per heavy atom. The van der Waals surface area contributed by atoms with Crippen LogP contribution in [0, 0.1) is 5.41 Å². The molecule has 18 heavy (non-hydrogen) atoms. The minimum atomic E-state index is -3.06. The molecule has 0 aromatic heterocycles. The van der Waals surface area contributed by atoms with Gasteiger partial charge in [-0.25, -0.2) is 8.42 Å². The van der Waals surface area contributed by atoms with Crippen LogP contribution in [0.5, 0.6) is 0 Å². The van der Waals surface area contributed by atoms with Gasteiger partial charge < -0.3 is 4.74 Å². The van der Waals surface area contributed by atoms with E-state index in [1.54, 1.807) is 6.92 Å². The molecule has 1 rings (SSSR count). The lowest BCUT2D eigenvalue weighted by Gasteiger charge is -2.12. The van der Waals surface area contributed by atoms with Crippen LogP contribution in [0.15, 0.2) is 0 Å². The number of carbonyl (C=O) groups excluding carboxylic acids is 1. The van der Waals surface area contributed by atoms with E-state index in [0.717, 1.165) is 12.8 Å². The fourth-order valence-electron chi connectivity index (χ4n) is 1.71. The summed E-state index contributed by atoms with van der Waals surface area (Å²) in [7, 11) is -2.91. The number of ether oxygens (including phenoxy) is 1. The summed E-state index contributed by atoms with van der Waals surface area (Å²) in [5.41, 5.74) is -0.200. The van der Waals surface area contributed by atoms with Gasteiger partial charge in [0, 0.05) is 28.1 Å². The average Bonchev–Trinajstić information content (AvgIpc) is 3.06. The van der Waals surface area contributed by atoms with Crippen LogP contribution in [0.1, 0.15) is 26.2 Å². The number of hydrogen-bond donors (Lipinski definition) is 0. The van der Waals surface area contributed by atoms with Crippen molar-refractivity contribution in [1.82, 2.24) is 0 Å². The van der Waals surface area contributed by atoms with Crippen LogP contribution in [0.2, 0.25) is 0 Å². The maximum absolute atomic E-state index is 11.8. The molecular formula is C11H20O5S2. The maximum atomic E-state index is 11.8. The monoisotopic (exact) mass is 296 g/mol. The lowest BCUT2D eigenvalue weighted by atomic mass is 10.1. The van der Waals surface area contributed by atoms with Crippen LogP contribution in [0.25, 0.3) is 0 Å². The van der Waals surface area contributed by atoms with E-state index in [0.29, 0.717) is 5.75 Å². The molecule has 0 amide bonds. The highest BCUT2D eigenvalue weighted by atomic mass is 32.2. The summed E-state index contributed by atoms with van der Waals surface area (Å²) in [4.78, 5) is 11.2. The van der Waals surface area contributed by atoms with Gasteiger partial charge in [-0.1, -0.05) is 6.92 Å². The second-order valence-electron chi connectivity index (χ2n) is 4.78. The minimum Gasteiger partial charge on any atom is -0.469 e. The van der Waals surface area contributed by atoms with Crippen LogP contribution < -0.4 is 0 Å². The number of hydrogen-bond acceptors (Lipinski definition) is 5. The maximum Gasteiger partial charge on any atom is 0.306 e. The van der Waals surface area contributed by atoms with E-state index in [1.165, 1.54) is 7.11 Å². The van der Waals surface area contributed by atoms with Crippen molar-refractivity contribution < 1.29 is 22.2 Å². The number of methoxy groups -OCH3 is 1. The molecule has 1 unspecified atom stereocenters.